The molecular weight excluding hydrogens is 274 g/mol. The number of furan rings is 1. The first-order valence-corrected chi connectivity index (χ1v) is 7.18. The lowest BCUT2D eigenvalue weighted by molar-refractivity contribution is 0.130. The third kappa shape index (κ3) is 3.44. The molecule has 0 N–H and O–H groups in total. The van der Waals surface area contributed by atoms with Gasteiger partial charge in [0.1, 0.15) is 6.61 Å². The number of oxime groups is 1. The van der Waals surface area contributed by atoms with Gasteiger partial charge in [-0.05, 0) is 24.6 Å². The van der Waals surface area contributed by atoms with Gasteiger partial charge in [-0.1, -0.05) is 65.3 Å². The smallest absolute Gasteiger partial charge is 0.156 e. The van der Waals surface area contributed by atoms with Crippen LogP contribution in [0.3, 0.4) is 0 Å². The molecule has 0 amide bonds. The first kappa shape index (κ1) is 14.1. The van der Waals surface area contributed by atoms with E-state index in [0.717, 1.165) is 11.1 Å². The van der Waals surface area contributed by atoms with E-state index < -0.39 is 0 Å². The molecule has 0 spiro atoms. The summed E-state index contributed by atoms with van der Waals surface area (Å²) in [6, 6.07) is 21.8. The topological polar surface area (TPSA) is 34.7 Å². The van der Waals surface area contributed by atoms with E-state index >= 15 is 0 Å². The molecule has 110 valence electrons. The van der Waals surface area contributed by atoms with Gasteiger partial charge in [0, 0.05) is 5.56 Å². The van der Waals surface area contributed by atoms with Crippen LogP contribution in [0.15, 0.2) is 82.6 Å². The first-order valence-electron chi connectivity index (χ1n) is 7.18. The summed E-state index contributed by atoms with van der Waals surface area (Å²) in [4.78, 5) is 5.52. The molecule has 0 aliphatic rings. The van der Waals surface area contributed by atoms with Crippen molar-refractivity contribution < 1.29 is 9.25 Å². The molecule has 3 nitrogen and oxygen atoms in total. The molecular formula is C19H17NO2. The van der Waals surface area contributed by atoms with Crippen LogP contribution in [0.4, 0.5) is 0 Å². The number of hydrogen-bond donors (Lipinski definition) is 0. The van der Waals surface area contributed by atoms with Gasteiger partial charge in [-0.15, -0.1) is 0 Å². The van der Waals surface area contributed by atoms with Crippen LogP contribution in [-0.4, -0.2) is 5.71 Å². The van der Waals surface area contributed by atoms with E-state index in [9.17, 15) is 0 Å². The summed E-state index contributed by atoms with van der Waals surface area (Å²) in [5.41, 5.74) is 3.94. The highest BCUT2D eigenvalue weighted by Gasteiger charge is 2.10. The van der Waals surface area contributed by atoms with Crippen molar-refractivity contribution in [3.63, 3.8) is 0 Å². The van der Waals surface area contributed by atoms with E-state index in [2.05, 4.69) is 12.1 Å². The molecule has 3 heteroatoms. The van der Waals surface area contributed by atoms with E-state index in [-0.39, 0.29) is 0 Å². The van der Waals surface area contributed by atoms with Crippen molar-refractivity contribution in [1.82, 2.24) is 0 Å². The molecule has 1 heterocycles. The standard InChI is InChI=1S/C19H17NO2/c1-15-9-11-17(12-10-15)19(18-8-5-13-21-18)20-22-14-16-6-3-2-4-7-16/h2-13H,14H2,1H3/b20-19-. The average Bonchev–Trinajstić information content (AvgIpc) is 3.08. The fourth-order valence-corrected chi connectivity index (χ4v) is 2.11. The summed E-state index contributed by atoms with van der Waals surface area (Å²) in [5, 5.41) is 4.28. The van der Waals surface area contributed by atoms with Crippen LogP contribution < -0.4 is 0 Å². The Bertz CT molecular complexity index is 729. The number of rotatable bonds is 5. The zero-order valence-corrected chi connectivity index (χ0v) is 12.4. The lowest BCUT2D eigenvalue weighted by Crippen LogP contribution is -2.03. The van der Waals surface area contributed by atoms with Crippen molar-refractivity contribution in [3.8, 4) is 0 Å². The predicted molar refractivity (Wildman–Crippen MR) is 86.8 cm³/mol. The van der Waals surface area contributed by atoms with Crippen molar-refractivity contribution in [3.05, 3.63) is 95.4 Å². The fraction of sp³-hybridized carbons (Fsp3) is 0.105. The van der Waals surface area contributed by atoms with Crippen LogP contribution in [0.2, 0.25) is 0 Å². The van der Waals surface area contributed by atoms with Gasteiger partial charge in [0.25, 0.3) is 0 Å². The van der Waals surface area contributed by atoms with E-state index in [0.29, 0.717) is 18.1 Å². The highest BCUT2D eigenvalue weighted by atomic mass is 16.6. The molecule has 0 unspecified atom stereocenters. The largest absolute Gasteiger partial charge is 0.463 e. The minimum atomic E-state index is 0.427. The van der Waals surface area contributed by atoms with Gasteiger partial charge in [0.05, 0.1) is 6.26 Å². The Hall–Kier alpha value is -2.81. The number of aryl methyl sites for hydroxylation is 1. The molecule has 1 aromatic heterocycles. The van der Waals surface area contributed by atoms with Crippen LogP contribution >= 0.6 is 0 Å². The van der Waals surface area contributed by atoms with Crippen LogP contribution in [0.1, 0.15) is 22.5 Å². The van der Waals surface area contributed by atoms with Gasteiger partial charge in [0.2, 0.25) is 0 Å². The normalized spacial score (nSPS) is 11.4. The van der Waals surface area contributed by atoms with Crippen LogP contribution in [0.5, 0.6) is 0 Å². The van der Waals surface area contributed by atoms with Gasteiger partial charge in [-0.3, -0.25) is 0 Å². The van der Waals surface area contributed by atoms with Crippen LogP contribution in [0.25, 0.3) is 0 Å². The second-order valence-electron chi connectivity index (χ2n) is 5.04. The van der Waals surface area contributed by atoms with E-state index in [1.165, 1.54) is 5.56 Å². The Balaban J connectivity index is 1.82. The first-order chi connectivity index (χ1) is 10.8. The quantitative estimate of drug-likeness (QED) is 0.510. The molecule has 0 atom stereocenters. The fourth-order valence-electron chi connectivity index (χ4n) is 2.11. The number of nitrogens with zero attached hydrogens (tertiary/aromatic N) is 1. The molecule has 2 aromatic carbocycles. The van der Waals surface area contributed by atoms with Crippen molar-refractivity contribution >= 4 is 5.71 Å². The minimum Gasteiger partial charge on any atom is -0.463 e. The Morgan fingerprint density at radius 3 is 2.41 bits per heavy atom. The second-order valence-corrected chi connectivity index (χ2v) is 5.04. The number of benzene rings is 2. The SMILES string of the molecule is Cc1ccc(/C(=N/OCc2ccccc2)c2ccco2)cc1. The monoisotopic (exact) mass is 291 g/mol. The third-order valence-corrected chi connectivity index (χ3v) is 3.31. The van der Waals surface area contributed by atoms with Crippen LogP contribution in [0, 0.1) is 6.92 Å². The lowest BCUT2D eigenvalue weighted by Gasteiger charge is -2.05. The Labute approximate surface area is 129 Å². The molecule has 0 aliphatic carbocycles. The molecule has 0 radical (unpaired) electrons. The second kappa shape index (κ2) is 6.76. The maximum atomic E-state index is 5.52. The Kier molecular flexibility index (Phi) is 4.35. The molecule has 3 aromatic rings. The van der Waals surface area contributed by atoms with Gasteiger partial charge in [-0.2, -0.15) is 0 Å². The van der Waals surface area contributed by atoms with Gasteiger partial charge in [0.15, 0.2) is 11.5 Å². The molecule has 22 heavy (non-hydrogen) atoms. The predicted octanol–water partition coefficient (Wildman–Crippen LogP) is 4.56. The zero-order valence-electron chi connectivity index (χ0n) is 12.4. The third-order valence-electron chi connectivity index (χ3n) is 3.31. The molecule has 0 saturated heterocycles. The maximum absolute atomic E-state index is 5.52. The summed E-state index contributed by atoms with van der Waals surface area (Å²) in [5.74, 6) is 0.692. The Morgan fingerprint density at radius 2 is 1.73 bits per heavy atom. The summed E-state index contributed by atoms with van der Waals surface area (Å²) in [6.45, 7) is 2.48. The highest BCUT2D eigenvalue weighted by Crippen LogP contribution is 2.14. The van der Waals surface area contributed by atoms with E-state index in [1.54, 1.807) is 6.26 Å². The van der Waals surface area contributed by atoms with Gasteiger partial charge in [-0.25, -0.2) is 0 Å². The molecule has 0 bridgehead atoms. The minimum absolute atomic E-state index is 0.427. The van der Waals surface area contributed by atoms with E-state index in [4.69, 9.17) is 9.25 Å². The molecule has 0 aliphatic heterocycles. The summed E-state index contributed by atoms with van der Waals surface area (Å²) in [6.07, 6.45) is 1.64. The number of hydrogen-bond acceptors (Lipinski definition) is 3. The highest BCUT2D eigenvalue weighted by molar-refractivity contribution is 6.10. The zero-order chi connectivity index (χ0) is 15.2. The Morgan fingerprint density at radius 1 is 0.955 bits per heavy atom. The lowest BCUT2D eigenvalue weighted by atomic mass is 10.1. The van der Waals surface area contributed by atoms with Crippen molar-refractivity contribution in [2.24, 2.45) is 5.16 Å². The molecule has 3 rings (SSSR count). The molecule has 0 saturated carbocycles. The summed E-state index contributed by atoms with van der Waals surface area (Å²) in [7, 11) is 0. The summed E-state index contributed by atoms with van der Waals surface area (Å²) < 4.78 is 5.47. The van der Waals surface area contributed by atoms with Crippen molar-refractivity contribution in [2.45, 2.75) is 13.5 Å². The van der Waals surface area contributed by atoms with E-state index in [1.807, 2.05) is 66.7 Å². The summed E-state index contributed by atoms with van der Waals surface area (Å²) >= 11 is 0. The van der Waals surface area contributed by atoms with Crippen LogP contribution in [-0.2, 0) is 11.4 Å². The van der Waals surface area contributed by atoms with Gasteiger partial charge < -0.3 is 9.25 Å². The van der Waals surface area contributed by atoms with Crippen molar-refractivity contribution in [2.75, 3.05) is 0 Å². The average molecular weight is 291 g/mol. The van der Waals surface area contributed by atoms with Crippen molar-refractivity contribution in [1.29, 1.82) is 0 Å². The van der Waals surface area contributed by atoms with Gasteiger partial charge >= 0.3 is 0 Å². The maximum Gasteiger partial charge on any atom is 0.156 e. The molecule has 0 fully saturated rings.